The van der Waals surface area contributed by atoms with E-state index in [0.717, 1.165) is 11.1 Å². The lowest BCUT2D eigenvalue weighted by Crippen LogP contribution is -2.13. The highest BCUT2D eigenvalue weighted by Crippen LogP contribution is 2.29. The molecular formula is C16H13Cl2NO3. The fourth-order valence-corrected chi connectivity index (χ4v) is 2.62. The fourth-order valence-electron chi connectivity index (χ4n) is 2.11. The SMILES string of the molecule is Cc1cc(C)cc(C(=O)Nc2cc(C(=O)O)c(Cl)cc2Cl)c1. The smallest absolute Gasteiger partial charge is 0.337 e. The zero-order chi connectivity index (χ0) is 16.4. The molecule has 0 saturated heterocycles. The molecule has 0 bridgehead atoms. The van der Waals surface area contributed by atoms with Crippen LogP contribution in [0.1, 0.15) is 31.8 Å². The number of hydrogen-bond acceptors (Lipinski definition) is 2. The largest absolute Gasteiger partial charge is 0.478 e. The van der Waals surface area contributed by atoms with Crippen molar-refractivity contribution in [2.75, 3.05) is 5.32 Å². The number of nitrogens with one attached hydrogen (secondary N) is 1. The van der Waals surface area contributed by atoms with Gasteiger partial charge in [0.25, 0.3) is 5.91 Å². The summed E-state index contributed by atoms with van der Waals surface area (Å²) in [7, 11) is 0. The summed E-state index contributed by atoms with van der Waals surface area (Å²) in [4.78, 5) is 23.4. The maximum Gasteiger partial charge on any atom is 0.337 e. The van der Waals surface area contributed by atoms with Gasteiger partial charge in [-0.3, -0.25) is 4.79 Å². The molecule has 6 heteroatoms. The summed E-state index contributed by atoms with van der Waals surface area (Å²) in [5.74, 6) is -1.56. The second-order valence-electron chi connectivity index (χ2n) is 4.95. The number of carbonyl (C=O) groups excluding carboxylic acids is 1. The van der Waals surface area contributed by atoms with Gasteiger partial charge in [0.1, 0.15) is 0 Å². The maximum atomic E-state index is 12.3. The topological polar surface area (TPSA) is 66.4 Å². The fraction of sp³-hybridized carbons (Fsp3) is 0.125. The van der Waals surface area contributed by atoms with Gasteiger partial charge in [-0.05, 0) is 38.1 Å². The van der Waals surface area contributed by atoms with Crippen LogP contribution >= 0.6 is 23.2 Å². The average Bonchev–Trinajstić information content (AvgIpc) is 2.40. The Labute approximate surface area is 137 Å². The average molecular weight is 338 g/mol. The third-order valence-electron chi connectivity index (χ3n) is 3.02. The normalized spacial score (nSPS) is 10.4. The van der Waals surface area contributed by atoms with E-state index in [1.54, 1.807) is 12.1 Å². The second kappa shape index (κ2) is 6.38. The van der Waals surface area contributed by atoms with E-state index in [1.165, 1.54) is 12.1 Å². The number of aryl methyl sites for hydroxylation is 2. The molecule has 114 valence electrons. The van der Waals surface area contributed by atoms with E-state index in [2.05, 4.69) is 5.32 Å². The molecular weight excluding hydrogens is 325 g/mol. The quantitative estimate of drug-likeness (QED) is 0.862. The number of halogens is 2. The van der Waals surface area contributed by atoms with E-state index in [4.69, 9.17) is 28.3 Å². The lowest BCUT2D eigenvalue weighted by atomic mass is 10.1. The van der Waals surface area contributed by atoms with E-state index in [-0.39, 0.29) is 27.2 Å². The lowest BCUT2D eigenvalue weighted by Gasteiger charge is -2.10. The summed E-state index contributed by atoms with van der Waals surface area (Å²) in [6.07, 6.45) is 0. The molecule has 22 heavy (non-hydrogen) atoms. The Morgan fingerprint density at radius 2 is 1.55 bits per heavy atom. The van der Waals surface area contributed by atoms with Crippen LogP contribution in [-0.4, -0.2) is 17.0 Å². The van der Waals surface area contributed by atoms with Gasteiger partial charge in [0.2, 0.25) is 0 Å². The number of benzene rings is 2. The maximum absolute atomic E-state index is 12.3. The first-order chi connectivity index (χ1) is 10.3. The third-order valence-corrected chi connectivity index (χ3v) is 3.64. The molecule has 0 spiro atoms. The Balaban J connectivity index is 2.36. The number of rotatable bonds is 3. The molecule has 4 nitrogen and oxygen atoms in total. The van der Waals surface area contributed by atoms with Crippen molar-refractivity contribution < 1.29 is 14.7 Å². The van der Waals surface area contributed by atoms with E-state index in [1.807, 2.05) is 19.9 Å². The minimum atomic E-state index is -1.19. The molecule has 1 amide bonds. The van der Waals surface area contributed by atoms with Crippen LogP contribution < -0.4 is 5.32 Å². The minimum absolute atomic E-state index is 0.0156. The van der Waals surface area contributed by atoms with Gasteiger partial charge in [-0.15, -0.1) is 0 Å². The van der Waals surface area contributed by atoms with Gasteiger partial charge >= 0.3 is 5.97 Å². The summed E-state index contributed by atoms with van der Waals surface area (Å²) < 4.78 is 0. The van der Waals surface area contributed by atoms with Crippen LogP contribution in [0.5, 0.6) is 0 Å². The minimum Gasteiger partial charge on any atom is -0.478 e. The Morgan fingerprint density at radius 1 is 0.955 bits per heavy atom. The number of carboxylic acid groups (broad SMARTS) is 1. The van der Waals surface area contributed by atoms with Crippen LogP contribution in [-0.2, 0) is 0 Å². The van der Waals surface area contributed by atoms with Crippen molar-refractivity contribution >= 4 is 40.8 Å². The number of carbonyl (C=O) groups is 2. The van der Waals surface area contributed by atoms with Crippen molar-refractivity contribution in [2.24, 2.45) is 0 Å². The number of amides is 1. The van der Waals surface area contributed by atoms with Gasteiger partial charge in [0, 0.05) is 5.56 Å². The highest BCUT2D eigenvalue weighted by atomic mass is 35.5. The number of carboxylic acids is 1. The van der Waals surface area contributed by atoms with Crippen molar-refractivity contribution in [3.63, 3.8) is 0 Å². The summed E-state index contributed by atoms with van der Waals surface area (Å²) in [6, 6.07) is 7.97. The van der Waals surface area contributed by atoms with Gasteiger partial charge in [-0.25, -0.2) is 4.79 Å². The molecule has 0 aliphatic carbocycles. The highest BCUT2D eigenvalue weighted by molar-refractivity contribution is 6.38. The van der Waals surface area contributed by atoms with Crippen LogP contribution in [0, 0.1) is 13.8 Å². The third kappa shape index (κ3) is 3.59. The lowest BCUT2D eigenvalue weighted by molar-refractivity contribution is 0.0696. The van der Waals surface area contributed by atoms with Gasteiger partial charge in [0.05, 0.1) is 21.3 Å². The molecule has 0 unspecified atom stereocenters. The van der Waals surface area contributed by atoms with Gasteiger partial charge in [0.15, 0.2) is 0 Å². The molecule has 0 atom stereocenters. The Kier molecular flexibility index (Phi) is 4.74. The Hall–Kier alpha value is -2.04. The number of anilines is 1. The second-order valence-corrected chi connectivity index (χ2v) is 5.76. The Morgan fingerprint density at radius 3 is 2.09 bits per heavy atom. The Bertz CT molecular complexity index is 752. The van der Waals surface area contributed by atoms with Crippen LogP contribution in [0.2, 0.25) is 10.0 Å². The molecule has 0 aliphatic rings. The van der Waals surface area contributed by atoms with Crippen molar-refractivity contribution in [2.45, 2.75) is 13.8 Å². The van der Waals surface area contributed by atoms with Gasteiger partial charge in [-0.1, -0.05) is 40.4 Å². The summed E-state index contributed by atoms with van der Waals surface area (Å²) >= 11 is 11.8. The standard InChI is InChI=1S/C16H13Cl2NO3/c1-8-3-9(2)5-10(4-8)15(20)19-14-6-11(16(21)22)12(17)7-13(14)18/h3-7H,1-2H3,(H,19,20)(H,21,22). The van der Waals surface area contributed by atoms with Crippen LogP contribution in [0.25, 0.3) is 0 Å². The summed E-state index contributed by atoms with van der Waals surface area (Å²) in [6.45, 7) is 3.78. The van der Waals surface area contributed by atoms with E-state index < -0.39 is 5.97 Å². The number of hydrogen-bond donors (Lipinski definition) is 2. The van der Waals surface area contributed by atoms with E-state index >= 15 is 0 Å². The molecule has 0 saturated carbocycles. The molecule has 2 aromatic carbocycles. The molecule has 0 radical (unpaired) electrons. The zero-order valence-corrected chi connectivity index (χ0v) is 13.4. The molecule has 0 heterocycles. The first kappa shape index (κ1) is 16.3. The predicted molar refractivity (Wildman–Crippen MR) is 87.3 cm³/mol. The molecule has 2 rings (SSSR count). The first-order valence-electron chi connectivity index (χ1n) is 6.40. The van der Waals surface area contributed by atoms with Crippen molar-refractivity contribution in [3.8, 4) is 0 Å². The molecule has 0 aliphatic heterocycles. The molecule has 2 aromatic rings. The van der Waals surface area contributed by atoms with Crippen molar-refractivity contribution in [1.29, 1.82) is 0 Å². The summed E-state index contributed by atoms with van der Waals surface area (Å²) in [5.41, 5.74) is 2.46. The monoisotopic (exact) mass is 337 g/mol. The zero-order valence-electron chi connectivity index (χ0n) is 11.9. The van der Waals surface area contributed by atoms with E-state index in [0.29, 0.717) is 5.56 Å². The van der Waals surface area contributed by atoms with Crippen LogP contribution in [0.3, 0.4) is 0 Å². The van der Waals surface area contributed by atoms with Gasteiger partial charge in [-0.2, -0.15) is 0 Å². The van der Waals surface area contributed by atoms with E-state index in [9.17, 15) is 9.59 Å². The molecule has 2 N–H and O–H groups in total. The van der Waals surface area contributed by atoms with Crippen molar-refractivity contribution in [1.82, 2.24) is 0 Å². The van der Waals surface area contributed by atoms with Crippen LogP contribution in [0.15, 0.2) is 30.3 Å². The molecule has 0 fully saturated rings. The molecule has 0 aromatic heterocycles. The van der Waals surface area contributed by atoms with Crippen LogP contribution in [0.4, 0.5) is 5.69 Å². The first-order valence-corrected chi connectivity index (χ1v) is 7.15. The summed E-state index contributed by atoms with van der Waals surface area (Å²) in [5, 5.41) is 11.9. The van der Waals surface area contributed by atoms with Crippen molar-refractivity contribution in [3.05, 3.63) is 62.6 Å². The predicted octanol–water partition coefficient (Wildman–Crippen LogP) is 4.56. The number of aromatic carboxylic acids is 1. The van der Waals surface area contributed by atoms with Gasteiger partial charge < -0.3 is 10.4 Å². The highest BCUT2D eigenvalue weighted by Gasteiger charge is 2.15.